The molecule has 0 amide bonds. The SMILES string of the molecule is CCOC(=O)C=C(C)C=CCC1(c2cc(C(C)(C)C)cc(C(C)(C)C)c2)CC1. The standard InChI is InChI=1S/C26H38O2/c1-9-28-23(27)15-19(2)11-10-12-26(13-14-26)22-17-20(24(3,4)5)16-21(18-22)25(6,7)8/h10-11,15-18H,9,12-14H2,1-8H3. The molecule has 1 aromatic rings. The van der Waals surface area contributed by atoms with Crippen LogP contribution in [0.1, 0.15) is 91.3 Å². The average molecular weight is 383 g/mol. The number of esters is 1. The van der Waals surface area contributed by atoms with Crippen LogP contribution < -0.4 is 0 Å². The van der Waals surface area contributed by atoms with Gasteiger partial charge in [-0.15, -0.1) is 0 Å². The number of allylic oxidation sites excluding steroid dienone is 3. The molecule has 1 fully saturated rings. The molecule has 0 aromatic heterocycles. The molecule has 0 saturated heterocycles. The molecule has 0 bridgehead atoms. The van der Waals surface area contributed by atoms with Crippen molar-refractivity contribution >= 4 is 5.97 Å². The van der Waals surface area contributed by atoms with Crippen LogP contribution in [-0.4, -0.2) is 12.6 Å². The number of hydrogen-bond donors (Lipinski definition) is 0. The van der Waals surface area contributed by atoms with E-state index in [0.717, 1.165) is 12.0 Å². The Morgan fingerprint density at radius 2 is 1.57 bits per heavy atom. The summed E-state index contributed by atoms with van der Waals surface area (Å²) in [5.74, 6) is -0.265. The average Bonchev–Trinajstić information content (AvgIpc) is 3.34. The highest BCUT2D eigenvalue weighted by Gasteiger charge is 2.43. The normalized spacial score (nSPS) is 17.1. The lowest BCUT2D eigenvalue weighted by Crippen LogP contribution is -2.19. The summed E-state index contributed by atoms with van der Waals surface area (Å²) in [6, 6.07) is 7.25. The summed E-state index contributed by atoms with van der Waals surface area (Å²) in [5.41, 5.74) is 5.78. The van der Waals surface area contributed by atoms with Crippen LogP contribution in [0.5, 0.6) is 0 Å². The highest BCUT2D eigenvalue weighted by Crippen LogP contribution is 2.52. The molecule has 1 aliphatic carbocycles. The second kappa shape index (κ2) is 8.27. The molecular formula is C26H38O2. The minimum Gasteiger partial charge on any atom is -0.463 e. The first-order chi connectivity index (χ1) is 12.9. The Balaban J connectivity index is 2.26. The Morgan fingerprint density at radius 1 is 1.04 bits per heavy atom. The predicted molar refractivity (Wildman–Crippen MR) is 119 cm³/mol. The van der Waals surface area contributed by atoms with Crippen LogP contribution in [-0.2, 0) is 25.8 Å². The molecule has 0 heterocycles. The Hall–Kier alpha value is -1.83. The molecule has 1 aliphatic rings. The molecule has 28 heavy (non-hydrogen) atoms. The fourth-order valence-electron chi connectivity index (χ4n) is 3.45. The molecule has 2 heteroatoms. The van der Waals surface area contributed by atoms with Crippen LogP contribution in [0.2, 0.25) is 0 Å². The van der Waals surface area contributed by atoms with Crippen molar-refractivity contribution in [3.8, 4) is 0 Å². The lowest BCUT2D eigenvalue weighted by molar-refractivity contribution is -0.137. The summed E-state index contributed by atoms with van der Waals surface area (Å²) in [6.45, 7) is 17.9. The number of ether oxygens (including phenoxy) is 1. The summed E-state index contributed by atoms with van der Waals surface area (Å²) in [7, 11) is 0. The van der Waals surface area contributed by atoms with Gasteiger partial charge < -0.3 is 4.74 Å². The van der Waals surface area contributed by atoms with Crippen molar-refractivity contribution in [2.75, 3.05) is 6.61 Å². The Labute approximate surface area is 172 Å². The first kappa shape index (κ1) is 22.5. The third-order valence-electron chi connectivity index (χ3n) is 5.65. The molecule has 0 spiro atoms. The van der Waals surface area contributed by atoms with Gasteiger partial charge in [-0.05, 0) is 71.6 Å². The van der Waals surface area contributed by atoms with Gasteiger partial charge in [0.1, 0.15) is 0 Å². The number of rotatable bonds is 6. The molecule has 0 N–H and O–H groups in total. The second-order valence-corrected chi connectivity index (χ2v) is 10.3. The monoisotopic (exact) mass is 382 g/mol. The van der Waals surface area contributed by atoms with Gasteiger partial charge in [-0.1, -0.05) is 71.9 Å². The van der Waals surface area contributed by atoms with Crippen LogP contribution in [0.15, 0.2) is 42.0 Å². The number of carbonyl (C=O) groups is 1. The molecule has 0 unspecified atom stereocenters. The first-order valence-corrected chi connectivity index (χ1v) is 10.6. The maximum Gasteiger partial charge on any atom is 0.330 e. The third kappa shape index (κ3) is 5.83. The van der Waals surface area contributed by atoms with E-state index in [-0.39, 0.29) is 22.2 Å². The van der Waals surface area contributed by atoms with Crippen molar-refractivity contribution < 1.29 is 9.53 Å². The Morgan fingerprint density at radius 3 is 2.00 bits per heavy atom. The van der Waals surface area contributed by atoms with Gasteiger partial charge in [0.25, 0.3) is 0 Å². The minimum absolute atomic E-state index is 0.140. The van der Waals surface area contributed by atoms with E-state index < -0.39 is 0 Å². The zero-order chi connectivity index (χ0) is 21.2. The van der Waals surface area contributed by atoms with Gasteiger partial charge in [0.15, 0.2) is 0 Å². The Bertz CT molecular complexity index is 730. The molecule has 0 aliphatic heterocycles. The fraction of sp³-hybridized carbons (Fsp3) is 0.577. The third-order valence-corrected chi connectivity index (χ3v) is 5.65. The van der Waals surface area contributed by atoms with Crippen molar-refractivity contribution in [1.29, 1.82) is 0 Å². The maximum atomic E-state index is 11.6. The highest BCUT2D eigenvalue weighted by molar-refractivity contribution is 5.83. The van der Waals surface area contributed by atoms with Crippen LogP contribution >= 0.6 is 0 Å². The van der Waals surface area contributed by atoms with E-state index in [4.69, 9.17) is 4.74 Å². The van der Waals surface area contributed by atoms with Crippen molar-refractivity contribution in [1.82, 2.24) is 0 Å². The molecule has 1 saturated carbocycles. The van der Waals surface area contributed by atoms with Crippen molar-refractivity contribution in [3.63, 3.8) is 0 Å². The second-order valence-electron chi connectivity index (χ2n) is 10.3. The van der Waals surface area contributed by atoms with E-state index in [1.165, 1.54) is 29.5 Å². The van der Waals surface area contributed by atoms with Gasteiger partial charge in [-0.3, -0.25) is 0 Å². The van der Waals surface area contributed by atoms with Gasteiger partial charge in [0, 0.05) is 6.08 Å². The lowest BCUT2D eigenvalue weighted by atomic mass is 9.77. The summed E-state index contributed by atoms with van der Waals surface area (Å²) >= 11 is 0. The van der Waals surface area contributed by atoms with Gasteiger partial charge in [-0.2, -0.15) is 0 Å². The molecular weight excluding hydrogens is 344 g/mol. The van der Waals surface area contributed by atoms with E-state index in [9.17, 15) is 4.79 Å². The molecule has 154 valence electrons. The summed E-state index contributed by atoms with van der Waals surface area (Å²) in [4.78, 5) is 11.6. The van der Waals surface area contributed by atoms with Gasteiger partial charge in [0.2, 0.25) is 0 Å². The zero-order valence-electron chi connectivity index (χ0n) is 19.1. The molecule has 0 atom stereocenters. The lowest BCUT2D eigenvalue weighted by Gasteiger charge is -2.28. The molecule has 0 radical (unpaired) electrons. The van der Waals surface area contributed by atoms with Crippen LogP contribution in [0, 0.1) is 0 Å². The number of carbonyl (C=O) groups excluding carboxylic acids is 1. The molecule has 2 rings (SSSR count). The van der Waals surface area contributed by atoms with E-state index in [1.54, 1.807) is 6.08 Å². The summed E-state index contributed by atoms with van der Waals surface area (Å²) < 4.78 is 4.98. The zero-order valence-corrected chi connectivity index (χ0v) is 19.1. The van der Waals surface area contributed by atoms with Crippen LogP contribution in [0.4, 0.5) is 0 Å². The van der Waals surface area contributed by atoms with Crippen molar-refractivity contribution in [3.05, 3.63) is 58.7 Å². The van der Waals surface area contributed by atoms with E-state index in [1.807, 2.05) is 13.8 Å². The van der Waals surface area contributed by atoms with E-state index >= 15 is 0 Å². The summed E-state index contributed by atoms with van der Waals surface area (Å²) in [6.07, 6.45) is 9.31. The van der Waals surface area contributed by atoms with Crippen molar-refractivity contribution in [2.24, 2.45) is 0 Å². The van der Waals surface area contributed by atoms with Crippen molar-refractivity contribution in [2.45, 2.75) is 90.9 Å². The van der Waals surface area contributed by atoms with E-state index in [0.29, 0.717) is 6.61 Å². The highest BCUT2D eigenvalue weighted by atomic mass is 16.5. The Kier molecular flexibility index (Phi) is 6.63. The van der Waals surface area contributed by atoms with E-state index in [2.05, 4.69) is 71.9 Å². The largest absolute Gasteiger partial charge is 0.463 e. The first-order valence-electron chi connectivity index (χ1n) is 10.6. The summed E-state index contributed by atoms with van der Waals surface area (Å²) in [5, 5.41) is 0. The smallest absolute Gasteiger partial charge is 0.330 e. The van der Waals surface area contributed by atoms with Gasteiger partial charge >= 0.3 is 5.97 Å². The predicted octanol–water partition coefficient (Wildman–Crippen LogP) is 6.77. The maximum absolute atomic E-state index is 11.6. The van der Waals surface area contributed by atoms with Crippen LogP contribution in [0.3, 0.4) is 0 Å². The van der Waals surface area contributed by atoms with Crippen LogP contribution in [0.25, 0.3) is 0 Å². The quantitative estimate of drug-likeness (QED) is 0.308. The van der Waals surface area contributed by atoms with Gasteiger partial charge in [-0.25, -0.2) is 4.79 Å². The number of hydrogen-bond acceptors (Lipinski definition) is 2. The minimum atomic E-state index is -0.265. The molecule has 2 nitrogen and oxygen atoms in total. The molecule has 1 aromatic carbocycles. The number of benzene rings is 1. The van der Waals surface area contributed by atoms with Gasteiger partial charge in [0.05, 0.1) is 6.61 Å². The fourth-order valence-corrected chi connectivity index (χ4v) is 3.45. The topological polar surface area (TPSA) is 26.3 Å².